The van der Waals surface area contributed by atoms with E-state index in [1.165, 1.54) is 42.2 Å². The van der Waals surface area contributed by atoms with Crippen molar-refractivity contribution in [2.75, 3.05) is 0 Å². The van der Waals surface area contributed by atoms with Gasteiger partial charge in [-0.15, -0.1) is 0 Å². The van der Waals surface area contributed by atoms with Gasteiger partial charge in [-0.1, -0.05) is 19.8 Å². The molecule has 2 rings (SSSR count). The predicted molar refractivity (Wildman–Crippen MR) is 53.4 cm³/mol. The van der Waals surface area contributed by atoms with Crippen molar-refractivity contribution in [2.45, 2.75) is 38.0 Å². The maximum Gasteiger partial charge on any atom is 0.209 e. The molecule has 0 amide bonds. The lowest BCUT2D eigenvalue weighted by molar-refractivity contribution is 0.488. The Balaban J connectivity index is 2.28. The average Bonchev–Trinajstić information content (AvgIpc) is 2.59. The van der Waals surface area contributed by atoms with Gasteiger partial charge in [-0.3, -0.25) is 0 Å². The lowest BCUT2D eigenvalue weighted by atomic mass is 9.90. The molecule has 2 nitrogen and oxygen atoms in total. The molecule has 0 aromatic carbocycles. The van der Waals surface area contributed by atoms with E-state index in [0.717, 1.165) is 4.73 Å². The fourth-order valence-electron chi connectivity index (χ4n) is 1.82. The van der Waals surface area contributed by atoms with Crippen LogP contribution in [0.25, 0.3) is 0 Å². The lowest BCUT2D eigenvalue weighted by Gasteiger charge is -2.18. The molecule has 0 saturated heterocycles. The van der Waals surface area contributed by atoms with Gasteiger partial charge < -0.3 is 0 Å². The summed E-state index contributed by atoms with van der Waals surface area (Å²) >= 11 is 4.83. The Labute approximate surface area is 84.7 Å². The van der Waals surface area contributed by atoms with E-state index < -0.39 is 0 Å². The zero-order valence-electron chi connectivity index (χ0n) is 7.01. The molecule has 0 aliphatic heterocycles. The third-order valence-electron chi connectivity index (χ3n) is 2.62. The van der Waals surface area contributed by atoms with Crippen molar-refractivity contribution in [3.63, 3.8) is 0 Å². The van der Waals surface area contributed by atoms with Crippen LogP contribution in [-0.4, -0.2) is 9.36 Å². The first kappa shape index (κ1) is 8.63. The Morgan fingerprint density at radius 2 is 2.08 bits per heavy atom. The Hall–Kier alpha value is 0.0400. The van der Waals surface area contributed by atoms with E-state index in [1.54, 1.807) is 0 Å². The fraction of sp³-hybridized carbons (Fsp3) is 0.750. The topological polar surface area (TPSA) is 25.8 Å². The van der Waals surface area contributed by atoms with Gasteiger partial charge >= 0.3 is 0 Å². The van der Waals surface area contributed by atoms with Crippen molar-refractivity contribution >= 4 is 27.5 Å². The highest BCUT2D eigenvalue weighted by molar-refractivity contribution is 9.10. The molecule has 1 saturated carbocycles. The summed E-state index contributed by atoms with van der Waals surface area (Å²) in [4.78, 5) is 4.39. The third kappa shape index (κ3) is 1.42. The normalized spacial score (nSPS) is 21.5. The highest BCUT2D eigenvalue weighted by atomic mass is 79.9. The third-order valence-corrected chi connectivity index (χ3v) is 4.24. The Bertz CT molecular complexity index is 278. The summed E-state index contributed by atoms with van der Waals surface area (Å²) in [5.74, 6) is 0. The molecule has 1 aliphatic carbocycles. The summed E-state index contributed by atoms with van der Waals surface area (Å²) < 4.78 is 4.90. The monoisotopic (exact) mass is 246 g/mol. The minimum Gasteiger partial charge on any atom is -0.213 e. The SMILES string of the molecule is CC1(c2nc(Br)ns2)CCCC1. The molecule has 1 aromatic rings. The van der Waals surface area contributed by atoms with Gasteiger partial charge in [-0.2, -0.15) is 4.37 Å². The maximum absolute atomic E-state index is 4.39. The van der Waals surface area contributed by atoms with E-state index in [4.69, 9.17) is 0 Å². The molecule has 1 aromatic heterocycles. The second kappa shape index (κ2) is 3.07. The minimum absolute atomic E-state index is 0.323. The van der Waals surface area contributed by atoms with Gasteiger partial charge in [0, 0.05) is 5.41 Å². The summed E-state index contributed by atoms with van der Waals surface area (Å²) in [6, 6.07) is 0. The molecule has 0 N–H and O–H groups in total. The standard InChI is InChI=1S/C8H11BrN2S/c1-8(4-2-3-5-8)6-10-7(9)11-12-6/h2-5H2,1H3. The average molecular weight is 247 g/mol. The molecule has 66 valence electrons. The second-order valence-electron chi connectivity index (χ2n) is 3.64. The highest BCUT2D eigenvalue weighted by Gasteiger charge is 2.33. The molecular weight excluding hydrogens is 236 g/mol. The maximum atomic E-state index is 4.39. The molecule has 1 fully saturated rings. The van der Waals surface area contributed by atoms with Crippen molar-refractivity contribution < 1.29 is 0 Å². The van der Waals surface area contributed by atoms with E-state index in [2.05, 4.69) is 32.2 Å². The van der Waals surface area contributed by atoms with Crippen molar-refractivity contribution in [1.29, 1.82) is 0 Å². The molecule has 12 heavy (non-hydrogen) atoms. The molecule has 0 atom stereocenters. The summed E-state index contributed by atoms with van der Waals surface area (Å²) in [5.41, 5.74) is 0.323. The van der Waals surface area contributed by atoms with Gasteiger partial charge in [0.25, 0.3) is 0 Å². The number of hydrogen-bond acceptors (Lipinski definition) is 3. The number of halogens is 1. The molecule has 0 bridgehead atoms. The van der Waals surface area contributed by atoms with E-state index in [1.807, 2.05) is 0 Å². The Kier molecular flexibility index (Phi) is 2.21. The van der Waals surface area contributed by atoms with Crippen molar-refractivity contribution in [2.24, 2.45) is 0 Å². The summed E-state index contributed by atoms with van der Waals surface area (Å²) in [6.07, 6.45) is 5.23. The number of aromatic nitrogens is 2. The molecule has 0 radical (unpaired) electrons. The minimum atomic E-state index is 0.323. The van der Waals surface area contributed by atoms with Crippen LogP contribution >= 0.6 is 27.5 Å². The number of rotatable bonds is 1. The van der Waals surface area contributed by atoms with Crippen LogP contribution in [0.5, 0.6) is 0 Å². The fourth-order valence-corrected chi connectivity index (χ4v) is 3.09. The van der Waals surface area contributed by atoms with Crippen LogP contribution in [0.15, 0.2) is 4.73 Å². The van der Waals surface area contributed by atoms with Gasteiger partial charge in [0.1, 0.15) is 5.01 Å². The van der Waals surface area contributed by atoms with Gasteiger partial charge in [-0.25, -0.2) is 4.98 Å². The molecule has 1 aliphatic rings. The lowest BCUT2D eigenvalue weighted by Crippen LogP contribution is -2.15. The summed E-state index contributed by atoms with van der Waals surface area (Å²) in [6.45, 7) is 2.30. The van der Waals surface area contributed by atoms with E-state index in [-0.39, 0.29) is 0 Å². The zero-order valence-corrected chi connectivity index (χ0v) is 9.41. The van der Waals surface area contributed by atoms with E-state index in [9.17, 15) is 0 Å². The van der Waals surface area contributed by atoms with Crippen LogP contribution < -0.4 is 0 Å². The van der Waals surface area contributed by atoms with Crippen LogP contribution in [0.2, 0.25) is 0 Å². The molecule has 0 unspecified atom stereocenters. The first-order chi connectivity index (χ1) is 5.71. The smallest absolute Gasteiger partial charge is 0.209 e. The Morgan fingerprint density at radius 3 is 2.58 bits per heavy atom. The highest BCUT2D eigenvalue weighted by Crippen LogP contribution is 2.41. The van der Waals surface area contributed by atoms with E-state index in [0.29, 0.717) is 5.41 Å². The molecule has 4 heteroatoms. The summed E-state index contributed by atoms with van der Waals surface area (Å²) in [5, 5.41) is 1.20. The van der Waals surface area contributed by atoms with Crippen LogP contribution in [0.4, 0.5) is 0 Å². The first-order valence-corrected chi connectivity index (χ1v) is 5.77. The zero-order chi connectivity index (χ0) is 8.60. The van der Waals surface area contributed by atoms with Crippen LogP contribution in [0.1, 0.15) is 37.6 Å². The van der Waals surface area contributed by atoms with Crippen LogP contribution in [0, 0.1) is 0 Å². The largest absolute Gasteiger partial charge is 0.213 e. The molecular formula is C8H11BrN2S. The summed E-state index contributed by atoms with van der Waals surface area (Å²) in [7, 11) is 0. The van der Waals surface area contributed by atoms with Crippen molar-refractivity contribution in [3.05, 3.63) is 9.74 Å². The number of hydrogen-bond donors (Lipinski definition) is 0. The Morgan fingerprint density at radius 1 is 1.42 bits per heavy atom. The van der Waals surface area contributed by atoms with Crippen LogP contribution in [0.3, 0.4) is 0 Å². The number of nitrogens with zero attached hydrogens (tertiary/aromatic N) is 2. The molecule has 1 heterocycles. The quantitative estimate of drug-likeness (QED) is 0.761. The van der Waals surface area contributed by atoms with E-state index >= 15 is 0 Å². The van der Waals surface area contributed by atoms with Crippen molar-refractivity contribution in [1.82, 2.24) is 9.36 Å². The second-order valence-corrected chi connectivity index (χ2v) is 5.10. The predicted octanol–water partition coefficient (Wildman–Crippen LogP) is 3.13. The van der Waals surface area contributed by atoms with Gasteiger partial charge in [0.15, 0.2) is 0 Å². The van der Waals surface area contributed by atoms with Gasteiger partial charge in [0.05, 0.1) is 0 Å². The van der Waals surface area contributed by atoms with Gasteiger partial charge in [-0.05, 0) is 40.3 Å². The molecule has 0 spiro atoms. The van der Waals surface area contributed by atoms with Crippen molar-refractivity contribution in [3.8, 4) is 0 Å². The van der Waals surface area contributed by atoms with Crippen LogP contribution in [-0.2, 0) is 5.41 Å². The first-order valence-electron chi connectivity index (χ1n) is 4.20. The van der Waals surface area contributed by atoms with Gasteiger partial charge in [0.2, 0.25) is 4.73 Å².